The summed E-state index contributed by atoms with van der Waals surface area (Å²) in [5.74, 6) is -0.299. The van der Waals surface area contributed by atoms with Crippen molar-refractivity contribution < 1.29 is 14.7 Å². The van der Waals surface area contributed by atoms with E-state index >= 15 is 0 Å². The van der Waals surface area contributed by atoms with E-state index in [9.17, 15) is 14.7 Å². The summed E-state index contributed by atoms with van der Waals surface area (Å²) in [4.78, 5) is 28.1. The molecule has 5 nitrogen and oxygen atoms in total. The summed E-state index contributed by atoms with van der Waals surface area (Å²) in [5, 5.41) is 13.0. The SMILES string of the molecule is O=C(NC1(C(=O)O)CCSC1)c1ccc2ccccc2n1. The van der Waals surface area contributed by atoms with Crippen LogP contribution in [0.15, 0.2) is 36.4 Å². The fourth-order valence-corrected chi connectivity index (χ4v) is 3.69. The van der Waals surface area contributed by atoms with E-state index in [1.54, 1.807) is 6.07 Å². The highest BCUT2D eigenvalue weighted by Gasteiger charge is 2.43. The minimum Gasteiger partial charge on any atom is -0.479 e. The van der Waals surface area contributed by atoms with Gasteiger partial charge in [0.2, 0.25) is 0 Å². The highest BCUT2D eigenvalue weighted by atomic mass is 32.2. The zero-order valence-electron chi connectivity index (χ0n) is 11.2. The van der Waals surface area contributed by atoms with Crippen LogP contribution in [0, 0.1) is 0 Å². The number of nitrogens with one attached hydrogen (secondary N) is 1. The molecule has 0 aliphatic carbocycles. The maximum atomic E-state index is 12.3. The molecule has 1 atom stereocenters. The van der Waals surface area contributed by atoms with Gasteiger partial charge in [0.05, 0.1) is 5.52 Å². The molecule has 0 bridgehead atoms. The zero-order chi connectivity index (χ0) is 14.9. The molecule has 2 aromatic rings. The van der Waals surface area contributed by atoms with Gasteiger partial charge in [0.25, 0.3) is 5.91 Å². The van der Waals surface area contributed by atoms with Gasteiger partial charge in [0.1, 0.15) is 11.2 Å². The number of pyridine rings is 1. The molecule has 1 saturated heterocycles. The summed E-state index contributed by atoms with van der Waals surface area (Å²) in [5.41, 5.74) is -0.212. The number of carbonyl (C=O) groups excluding carboxylic acids is 1. The molecule has 0 saturated carbocycles. The largest absolute Gasteiger partial charge is 0.479 e. The number of rotatable bonds is 3. The van der Waals surface area contributed by atoms with Crippen molar-refractivity contribution in [1.82, 2.24) is 10.3 Å². The van der Waals surface area contributed by atoms with Crippen molar-refractivity contribution in [3.63, 3.8) is 0 Å². The lowest BCUT2D eigenvalue weighted by atomic mass is 9.99. The van der Waals surface area contributed by atoms with Gasteiger partial charge in [-0.25, -0.2) is 9.78 Å². The number of amides is 1. The van der Waals surface area contributed by atoms with Crippen LogP contribution in [0.25, 0.3) is 10.9 Å². The quantitative estimate of drug-likeness (QED) is 0.905. The first-order chi connectivity index (χ1) is 10.1. The van der Waals surface area contributed by atoms with Crippen molar-refractivity contribution in [3.05, 3.63) is 42.1 Å². The van der Waals surface area contributed by atoms with E-state index in [-0.39, 0.29) is 5.69 Å². The Morgan fingerprint density at radius 1 is 1.24 bits per heavy atom. The molecule has 1 aromatic carbocycles. The zero-order valence-corrected chi connectivity index (χ0v) is 12.0. The third kappa shape index (κ3) is 2.58. The number of fused-ring (bicyclic) bond motifs is 1. The highest BCUT2D eigenvalue weighted by molar-refractivity contribution is 7.99. The van der Waals surface area contributed by atoms with E-state index in [2.05, 4.69) is 10.3 Å². The number of carboxylic acid groups (broad SMARTS) is 1. The molecule has 21 heavy (non-hydrogen) atoms. The average molecular weight is 302 g/mol. The van der Waals surface area contributed by atoms with Crippen LogP contribution < -0.4 is 5.32 Å². The minimum atomic E-state index is -1.17. The molecule has 108 valence electrons. The lowest BCUT2D eigenvalue weighted by Crippen LogP contribution is -2.54. The molecule has 1 aliphatic heterocycles. The minimum absolute atomic E-state index is 0.242. The van der Waals surface area contributed by atoms with E-state index in [1.807, 2.05) is 30.3 Å². The van der Waals surface area contributed by atoms with E-state index < -0.39 is 17.4 Å². The monoisotopic (exact) mass is 302 g/mol. The van der Waals surface area contributed by atoms with Gasteiger partial charge in [0, 0.05) is 11.1 Å². The summed E-state index contributed by atoms with van der Waals surface area (Å²) in [6, 6.07) is 10.9. The summed E-state index contributed by atoms with van der Waals surface area (Å²) >= 11 is 1.53. The second-order valence-electron chi connectivity index (χ2n) is 5.03. The average Bonchev–Trinajstić information content (AvgIpc) is 2.96. The number of thioether (sulfide) groups is 1. The molecule has 0 radical (unpaired) electrons. The number of hydrogen-bond donors (Lipinski definition) is 2. The molecule has 0 spiro atoms. The summed E-state index contributed by atoms with van der Waals surface area (Å²) in [7, 11) is 0. The number of carboxylic acids is 1. The maximum Gasteiger partial charge on any atom is 0.330 e. The van der Waals surface area contributed by atoms with E-state index in [0.717, 1.165) is 16.7 Å². The lowest BCUT2D eigenvalue weighted by Gasteiger charge is -2.24. The number of hydrogen-bond acceptors (Lipinski definition) is 4. The van der Waals surface area contributed by atoms with Gasteiger partial charge in [-0.1, -0.05) is 24.3 Å². The third-order valence-corrected chi connectivity index (χ3v) is 4.80. The fourth-order valence-electron chi connectivity index (χ4n) is 2.36. The van der Waals surface area contributed by atoms with Gasteiger partial charge in [-0.15, -0.1) is 0 Å². The van der Waals surface area contributed by atoms with Gasteiger partial charge >= 0.3 is 5.97 Å². The highest BCUT2D eigenvalue weighted by Crippen LogP contribution is 2.28. The van der Waals surface area contributed by atoms with Crippen molar-refractivity contribution in [3.8, 4) is 0 Å². The van der Waals surface area contributed by atoms with Gasteiger partial charge in [-0.2, -0.15) is 11.8 Å². The molecular formula is C15H14N2O3S. The molecule has 3 rings (SSSR count). The first-order valence-electron chi connectivity index (χ1n) is 6.60. The van der Waals surface area contributed by atoms with Crippen LogP contribution in [-0.2, 0) is 4.79 Å². The fraction of sp³-hybridized carbons (Fsp3) is 0.267. The predicted molar refractivity (Wildman–Crippen MR) is 81.5 cm³/mol. The Kier molecular flexibility index (Phi) is 3.55. The van der Waals surface area contributed by atoms with Crippen molar-refractivity contribution in [2.75, 3.05) is 11.5 Å². The normalized spacial score (nSPS) is 21.3. The van der Waals surface area contributed by atoms with Crippen LogP contribution in [0.1, 0.15) is 16.9 Å². The predicted octanol–water partition coefficient (Wildman–Crippen LogP) is 1.92. The van der Waals surface area contributed by atoms with Crippen LogP contribution in [0.3, 0.4) is 0 Å². The molecular weight excluding hydrogens is 288 g/mol. The lowest BCUT2D eigenvalue weighted by molar-refractivity contribution is -0.143. The van der Waals surface area contributed by atoms with Crippen molar-refractivity contribution in [2.45, 2.75) is 12.0 Å². The number of aromatic nitrogens is 1. The summed E-state index contributed by atoms with van der Waals surface area (Å²) in [6.45, 7) is 0. The molecule has 1 unspecified atom stereocenters. The second kappa shape index (κ2) is 5.37. The number of nitrogens with zero attached hydrogens (tertiary/aromatic N) is 1. The molecule has 6 heteroatoms. The smallest absolute Gasteiger partial charge is 0.330 e. The molecule has 1 fully saturated rings. The van der Waals surface area contributed by atoms with Crippen molar-refractivity contribution in [1.29, 1.82) is 0 Å². The van der Waals surface area contributed by atoms with Crippen LogP contribution >= 0.6 is 11.8 Å². The maximum absolute atomic E-state index is 12.3. The second-order valence-corrected chi connectivity index (χ2v) is 6.14. The Morgan fingerprint density at radius 2 is 2.05 bits per heavy atom. The van der Waals surface area contributed by atoms with Crippen molar-refractivity contribution in [2.24, 2.45) is 0 Å². The molecule has 2 heterocycles. The first-order valence-corrected chi connectivity index (χ1v) is 7.76. The van der Waals surface area contributed by atoms with Crippen LogP contribution in [0.5, 0.6) is 0 Å². The molecule has 2 N–H and O–H groups in total. The van der Waals surface area contributed by atoms with E-state index in [4.69, 9.17) is 0 Å². The Bertz CT molecular complexity index is 711. The van der Waals surface area contributed by atoms with Gasteiger partial charge < -0.3 is 10.4 Å². The van der Waals surface area contributed by atoms with Crippen LogP contribution in [0.4, 0.5) is 0 Å². The van der Waals surface area contributed by atoms with Gasteiger partial charge in [-0.05, 0) is 24.3 Å². The van der Waals surface area contributed by atoms with Crippen LogP contribution in [-0.4, -0.2) is 39.0 Å². The van der Waals surface area contributed by atoms with E-state index in [1.165, 1.54) is 11.8 Å². The summed E-state index contributed by atoms with van der Waals surface area (Å²) in [6.07, 6.45) is 0.437. The van der Waals surface area contributed by atoms with Gasteiger partial charge in [0.15, 0.2) is 0 Å². The number of benzene rings is 1. The molecule has 1 amide bonds. The van der Waals surface area contributed by atoms with E-state index in [0.29, 0.717) is 12.2 Å². The van der Waals surface area contributed by atoms with Crippen molar-refractivity contribution >= 4 is 34.5 Å². The molecule has 1 aliphatic rings. The first kappa shape index (κ1) is 13.9. The summed E-state index contributed by atoms with van der Waals surface area (Å²) < 4.78 is 0. The van der Waals surface area contributed by atoms with Gasteiger partial charge in [-0.3, -0.25) is 4.79 Å². The molecule has 1 aromatic heterocycles. The standard InChI is InChI=1S/C15H14N2O3S/c18-13(17-15(14(19)20)7-8-21-9-15)12-6-5-10-3-1-2-4-11(10)16-12/h1-6H,7-9H2,(H,17,18)(H,19,20). The Balaban J connectivity index is 1.88. The third-order valence-electron chi connectivity index (χ3n) is 3.61. The topological polar surface area (TPSA) is 79.3 Å². The number of carbonyl (C=O) groups is 2. The van der Waals surface area contributed by atoms with Crippen LogP contribution in [0.2, 0.25) is 0 Å². The Hall–Kier alpha value is -2.08. The Labute approximate surface area is 125 Å². The number of aliphatic carboxylic acids is 1. The number of para-hydroxylation sites is 1. The Morgan fingerprint density at radius 3 is 2.76 bits per heavy atom.